The van der Waals surface area contributed by atoms with Crippen molar-refractivity contribution in [1.29, 1.82) is 0 Å². The summed E-state index contributed by atoms with van der Waals surface area (Å²) >= 11 is 0. The minimum atomic E-state index is -1.74. The van der Waals surface area contributed by atoms with Gasteiger partial charge in [0.05, 0.1) is 0 Å². The molecule has 0 atom stereocenters. The molecule has 4 heteroatoms. The fourth-order valence-corrected chi connectivity index (χ4v) is 0.819. The van der Waals surface area contributed by atoms with Gasteiger partial charge in [0.25, 0.3) is 5.91 Å². The Kier molecular flexibility index (Phi) is 2.64. The normalized spacial score (nSPS) is 9.31. The number of carbonyl (C=O) groups excluding carboxylic acids is 2. The van der Waals surface area contributed by atoms with Crippen molar-refractivity contribution in [2.45, 2.75) is 6.92 Å². The number of amides is 1. The van der Waals surface area contributed by atoms with Crippen molar-refractivity contribution in [1.82, 2.24) is 0 Å². The third-order valence-electron chi connectivity index (χ3n) is 1.49. The highest BCUT2D eigenvalue weighted by molar-refractivity contribution is 6.35. The number of hydrogen-bond acceptors (Lipinski definition) is 3. The van der Waals surface area contributed by atoms with Crippen LogP contribution >= 0.6 is 0 Å². The second-order valence-corrected chi connectivity index (χ2v) is 2.61. The summed E-state index contributed by atoms with van der Waals surface area (Å²) in [7, 11) is 0. The zero-order chi connectivity index (χ0) is 9.84. The molecule has 1 amide bonds. The number of carbonyl (C=O) groups is 2. The maximum Gasteiger partial charge on any atom is 0.271 e. The molecular formula is C9H8NO3-. The SMILES string of the molecule is Cc1ccc(NC(=O)C(=O)[O-])cc1. The predicted molar refractivity (Wildman–Crippen MR) is 44.8 cm³/mol. The van der Waals surface area contributed by atoms with Gasteiger partial charge in [-0.15, -0.1) is 0 Å². The summed E-state index contributed by atoms with van der Waals surface area (Å²) in [6, 6.07) is 6.78. The second kappa shape index (κ2) is 3.71. The summed E-state index contributed by atoms with van der Waals surface area (Å²) in [5, 5.41) is 12.2. The Balaban J connectivity index is 2.70. The lowest BCUT2D eigenvalue weighted by atomic mass is 10.2. The van der Waals surface area contributed by atoms with Crippen LogP contribution in [0.1, 0.15) is 5.56 Å². The Bertz CT molecular complexity index is 329. The van der Waals surface area contributed by atoms with Gasteiger partial charge in [0.15, 0.2) is 0 Å². The Labute approximate surface area is 75.2 Å². The van der Waals surface area contributed by atoms with Gasteiger partial charge >= 0.3 is 0 Å². The molecule has 0 heterocycles. The lowest BCUT2D eigenvalue weighted by Crippen LogP contribution is -2.36. The number of nitrogens with one attached hydrogen (secondary N) is 1. The topological polar surface area (TPSA) is 69.2 Å². The average Bonchev–Trinajstić information content (AvgIpc) is 2.08. The van der Waals surface area contributed by atoms with Gasteiger partial charge in [-0.1, -0.05) is 17.7 Å². The molecule has 0 aliphatic heterocycles. The van der Waals surface area contributed by atoms with Crippen molar-refractivity contribution in [2.24, 2.45) is 0 Å². The number of rotatable bonds is 1. The molecule has 0 bridgehead atoms. The Morgan fingerprint density at radius 1 is 1.23 bits per heavy atom. The molecule has 1 N–H and O–H groups in total. The third kappa shape index (κ3) is 2.59. The first-order valence-corrected chi connectivity index (χ1v) is 3.68. The quantitative estimate of drug-likeness (QED) is 0.599. The van der Waals surface area contributed by atoms with E-state index in [0.717, 1.165) is 5.56 Å². The zero-order valence-corrected chi connectivity index (χ0v) is 7.03. The fraction of sp³-hybridized carbons (Fsp3) is 0.111. The summed E-state index contributed by atoms with van der Waals surface area (Å²) in [4.78, 5) is 20.7. The van der Waals surface area contributed by atoms with Gasteiger partial charge in [0, 0.05) is 5.69 Å². The van der Waals surface area contributed by atoms with Gasteiger partial charge in [-0.2, -0.15) is 0 Å². The second-order valence-electron chi connectivity index (χ2n) is 2.61. The monoisotopic (exact) mass is 178 g/mol. The zero-order valence-electron chi connectivity index (χ0n) is 7.03. The molecule has 1 aromatic rings. The summed E-state index contributed by atoms with van der Waals surface area (Å²) < 4.78 is 0. The van der Waals surface area contributed by atoms with Crippen molar-refractivity contribution >= 4 is 17.6 Å². The molecule has 0 saturated carbocycles. The number of anilines is 1. The van der Waals surface area contributed by atoms with Crippen molar-refractivity contribution in [3.05, 3.63) is 29.8 Å². The molecule has 4 nitrogen and oxygen atoms in total. The third-order valence-corrected chi connectivity index (χ3v) is 1.49. The van der Waals surface area contributed by atoms with E-state index >= 15 is 0 Å². The number of hydrogen-bond donors (Lipinski definition) is 1. The van der Waals surface area contributed by atoms with Crippen LogP contribution in [0, 0.1) is 6.92 Å². The minimum Gasteiger partial charge on any atom is -0.540 e. The standard InChI is InChI=1S/C9H9NO3/c1-6-2-4-7(5-3-6)10-8(11)9(12)13/h2-5H,1H3,(H,10,11)(H,12,13)/p-1. The van der Waals surface area contributed by atoms with Crippen LogP contribution in [0.5, 0.6) is 0 Å². The lowest BCUT2D eigenvalue weighted by Gasteiger charge is -2.04. The van der Waals surface area contributed by atoms with E-state index in [9.17, 15) is 14.7 Å². The molecule has 1 rings (SSSR count). The van der Waals surface area contributed by atoms with Crippen LogP contribution in [0.3, 0.4) is 0 Å². The smallest absolute Gasteiger partial charge is 0.271 e. The molecule has 0 unspecified atom stereocenters. The van der Waals surface area contributed by atoms with E-state index in [2.05, 4.69) is 5.32 Å². The van der Waals surface area contributed by atoms with Gasteiger partial charge in [-0.05, 0) is 19.1 Å². The molecule has 1 aromatic carbocycles. The van der Waals surface area contributed by atoms with Crippen LogP contribution in [0.2, 0.25) is 0 Å². The van der Waals surface area contributed by atoms with Crippen LogP contribution in [0.4, 0.5) is 5.69 Å². The van der Waals surface area contributed by atoms with E-state index in [4.69, 9.17) is 0 Å². The van der Waals surface area contributed by atoms with E-state index in [0.29, 0.717) is 5.69 Å². The molecule has 0 aromatic heterocycles. The maximum absolute atomic E-state index is 10.6. The average molecular weight is 178 g/mol. The van der Waals surface area contributed by atoms with Gasteiger partial charge in [-0.25, -0.2) is 0 Å². The van der Waals surface area contributed by atoms with E-state index < -0.39 is 11.9 Å². The highest BCUT2D eigenvalue weighted by Crippen LogP contribution is 2.07. The minimum absolute atomic E-state index is 0.444. The lowest BCUT2D eigenvalue weighted by molar-refractivity contribution is -0.299. The molecular weight excluding hydrogens is 170 g/mol. The van der Waals surface area contributed by atoms with Gasteiger partial charge in [-0.3, -0.25) is 4.79 Å². The van der Waals surface area contributed by atoms with Crippen LogP contribution in [-0.4, -0.2) is 11.9 Å². The molecule has 0 aliphatic carbocycles. The van der Waals surface area contributed by atoms with E-state index in [1.807, 2.05) is 6.92 Å². The summed E-state index contributed by atoms with van der Waals surface area (Å²) in [5.74, 6) is -2.87. The molecule has 0 aliphatic rings. The van der Waals surface area contributed by atoms with Crippen molar-refractivity contribution in [2.75, 3.05) is 5.32 Å². The summed E-state index contributed by atoms with van der Waals surface area (Å²) in [6.45, 7) is 1.89. The number of aryl methyl sites for hydroxylation is 1. The number of aliphatic carboxylic acids is 1. The fourth-order valence-electron chi connectivity index (χ4n) is 0.819. The van der Waals surface area contributed by atoms with E-state index in [1.165, 1.54) is 0 Å². The summed E-state index contributed by atoms with van der Waals surface area (Å²) in [6.07, 6.45) is 0. The van der Waals surface area contributed by atoms with Gasteiger partial charge in [0.2, 0.25) is 0 Å². The molecule has 0 saturated heterocycles. The summed E-state index contributed by atoms with van der Waals surface area (Å²) in [5.41, 5.74) is 1.48. The van der Waals surface area contributed by atoms with E-state index in [-0.39, 0.29) is 0 Å². The van der Waals surface area contributed by atoms with E-state index in [1.54, 1.807) is 24.3 Å². The number of carboxylic acid groups (broad SMARTS) is 1. The highest BCUT2D eigenvalue weighted by Gasteiger charge is 2.01. The largest absolute Gasteiger partial charge is 0.540 e. The van der Waals surface area contributed by atoms with Crippen molar-refractivity contribution < 1.29 is 14.7 Å². The predicted octanol–water partition coefficient (Wildman–Crippen LogP) is -0.317. The van der Waals surface area contributed by atoms with Gasteiger partial charge < -0.3 is 15.2 Å². The Morgan fingerprint density at radius 3 is 2.23 bits per heavy atom. The Hall–Kier alpha value is -1.84. The molecule has 0 radical (unpaired) electrons. The Morgan fingerprint density at radius 2 is 1.77 bits per heavy atom. The van der Waals surface area contributed by atoms with Crippen molar-refractivity contribution in [3.63, 3.8) is 0 Å². The first-order chi connectivity index (χ1) is 6.09. The number of benzene rings is 1. The first kappa shape index (κ1) is 9.25. The van der Waals surface area contributed by atoms with Crippen LogP contribution in [-0.2, 0) is 9.59 Å². The van der Waals surface area contributed by atoms with Crippen molar-refractivity contribution in [3.8, 4) is 0 Å². The van der Waals surface area contributed by atoms with Gasteiger partial charge in [0.1, 0.15) is 5.97 Å². The van der Waals surface area contributed by atoms with Crippen LogP contribution in [0.25, 0.3) is 0 Å². The molecule has 68 valence electrons. The van der Waals surface area contributed by atoms with Crippen LogP contribution in [0.15, 0.2) is 24.3 Å². The highest BCUT2D eigenvalue weighted by atomic mass is 16.4. The molecule has 13 heavy (non-hydrogen) atoms. The van der Waals surface area contributed by atoms with Crippen LogP contribution < -0.4 is 10.4 Å². The number of carboxylic acids is 1. The maximum atomic E-state index is 10.6. The molecule has 0 fully saturated rings. The molecule has 0 spiro atoms. The first-order valence-electron chi connectivity index (χ1n) is 3.68.